The lowest BCUT2D eigenvalue weighted by molar-refractivity contribution is 0.104. The highest BCUT2D eigenvalue weighted by Gasteiger charge is 2.00. The van der Waals surface area contributed by atoms with E-state index in [0.29, 0.717) is 10.6 Å². The summed E-state index contributed by atoms with van der Waals surface area (Å²) in [7, 11) is 0. The molecule has 0 atom stereocenters. The molecule has 0 radical (unpaired) electrons. The molecule has 90 valence electrons. The number of rotatable bonds is 4. The number of nitrogens with zero attached hydrogens (tertiary/aromatic N) is 1. The standard InChI is InChI=1S/C14H10ClNOS/c15-12-6-4-11(5-7-12)13(17)8-10-18-14-3-1-2-9-16-14/h1-10H/b10-8+. The Kier molecular flexibility index (Phi) is 4.56. The quantitative estimate of drug-likeness (QED) is 0.475. The van der Waals surface area contributed by atoms with Gasteiger partial charge >= 0.3 is 0 Å². The van der Waals surface area contributed by atoms with Crippen molar-refractivity contribution in [2.24, 2.45) is 0 Å². The summed E-state index contributed by atoms with van der Waals surface area (Å²) in [6, 6.07) is 12.5. The van der Waals surface area contributed by atoms with Crippen LogP contribution >= 0.6 is 23.4 Å². The first kappa shape index (κ1) is 12.9. The summed E-state index contributed by atoms with van der Waals surface area (Å²) in [5.41, 5.74) is 0.622. The molecule has 18 heavy (non-hydrogen) atoms. The molecule has 1 aromatic carbocycles. The van der Waals surface area contributed by atoms with E-state index >= 15 is 0 Å². The largest absolute Gasteiger partial charge is 0.289 e. The first-order chi connectivity index (χ1) is 8.75. The fraction of sp³-hybridized carbons (Fsp3) is 0. The van der Waals surface area contributed by atoms with Gasteiger partial charge in [-0.2, -0.15) is 0 Å². The minimum atomic E-state index is -0.0462. The van der Waals surface area contributed by atoms with E-state index in [1.165, 1.54) is 17.8 Å². The smallest absolute Gasteiger partial charge is 0.186 e. The van der Waals surface area contributed by atoms with Gasteiger partial charge in [0.2, 0.25) is 0 Å². The van der Waals surface area contributed by atoms with Crippen LogP contribution in [-0.4, -0.2) is 10.8 Å². The van der Waals surface area contributed by atoms with Gasteiger partial charge in [-0.25, -0.2) is 4.98 Å². The summed E-state index contributed by atoms with van der Waals surface area (Å²) in [5, 5.41) is 3.22. The first-order valence-corrected chi connectivity index (χ1v) is 6.55. The number of thioether (sulfide) groups is 1. The molecule has 0 aliphatic carbocycles. The molecule has 1 aromatic heterocycles. The lowest BCUT2D eigenvalue weighted by Gasteiger charge is -1.96. The number of allylic oxidation sites excluding steroid dienone is 1. The minimum Gasteiger partial charge on any atom is -0.289 e. The number of aromatic nitrogens is 1. The van der Waals surface area contributed by atoms with Gasteiger partial charge in [0.25, 0.3) is 0 Å². The highest BCUT2D eigenvalue weighted by Crippen LogP contribution is 2.16. The van der Waals surface area contributed by atoms with Crippen LogP contribution in [0.1, 0.15) is 10.4 Å². The molecule has 0 amide bonds. The third-order valence-electron chi connectivity index (χ3n) is 2.17. The first-order valence-electron chi connectivity index (χ1n) is 5.30. The summed E-state index contributed by atoms with van der Waals surface area (Å²) in [6.45, 7) is 0. The molecule has 0 unspecified atom stereocenters. The Morgan fingerprint density at radius 1 is 1.17 bits per heavy atom. The third-order valence-corrected chi connectivity index (χ3v) is 3.18. The van der Waals surface area contributed by atoms with Crippen LogP contribution in [0.2, 0.25) is 5.02 Å². The molecule has 0 bridgehead atoms. The molecule has 0 saturated carbocycles. The molecule has 1 heterocycles. The van der Waals surface area contributed by atoms with Crippen molar-refractivity contribution < 1.29 is 4.79 Å². The SMILES string of the molecule is O=C(/C=C/Sc1ccccn1)c1ccc(Cl)cc1. The van der Waals surface area contributed by atoms with Crippen molar-refractivity contribution in [1.82, 2.24) is 4.98 Å². The van der Waals surface area contributed by atoms with Crippen LogP contribution < -0.4 is 0 Å². The Bertz CT molecular complexity index is 552. The molecule has 4 heteroatoms. The average Bonchev–Trinajstić information content (AvgIpc) is 2.40. The number of hydrogen-bond donors (Lipinski definition) is 0. The number of hydrogen-bond acceptors (Lipinski definition) is 3. The van der Waals surface area contributed by atoms with Gasteiger partial charge in [-0.1, -0.05) is 29.4 Å². The fourth-order valence-electron chi connectivity index (χ4n) is 1.29. The predicted octanol–water partition coefficient (Wildman–Crippen LogP) is 4.22. The van der Waals surface area contributed by atoms with Gasteiger partial charge < -0.3 is 0 Å². The van der Waals surface area contributed by atoms with Crippen LogP contribution in [0.3, 0.4) is 0 Å². The van der Waals surface area contributed by atoms with Crippen molar-refractivity contribution in [1.29, 1.82) is 0 Å². The van der Waals surface area contributed by atoms with Gasteiger partial charge in [-0.3, -0.25) is 4.79 Å². The predicted molar refractivity (Wildman–Crippen MR) is 75.0 cm³/mol. The van der Waals surface area contributed by atoms with Crippen LogP contribution in [-0.2, 0) is 0 Å². The monoisotopic (exact) mass is 275 g/mol. The van der Waals surface area contributed by atoms with Gasteiger partial charge in [0.1, 0.15) is 5.03 Å². The highest BCUT2D eigenvalue weighted by molar-refractivity contribution is 8.02. The number of carbonyl (C=O) groups excluding carboxylic acids is 1. The molecular formula is C14H10ClNOS. The van der Waals surface area contributed by atoms with E-state index in [2.05, 4.69) is 4.98 Å². The minimum absolute atomic E-state index is 0.0462. The van der Waals surface area contributed by atoms with Crippen molar-refractivity contribution in [2.45, 2.75) is 5.03 Å². The van der Waals surface area contributed by atoms with E-state index in [4.69, 9.17) is 11.6 Å². The maximum Gasteiger partial charge on any atom is 0.186 e. The molecule has 0 N–H and O–H groups in total. The van der Waals surface area contributed by atoms with E-state index in [1.54, 1.807) is 35.9 Å². The van der Waals surface area contributed by atoms with Gasteiger partial charge in [0.15, 0.2) is 5.78 Å². The number of halogens is 1. The fourth-order valence-corrected chi connectivity index (χ4v) is 2.03. The van der Waals surface area contributed by atoms with Gasteiger partial charge in [0.05, 0.1) is 0 Å². The normalized spacial score (nSPS) is 10.7. The Hall–Kier alpha value is -1.58. The number of ketones is 1. The summed E-state index contributed by atoms with van der Waals surface area (Å²) in [5.74, 6) is -0.0462. The van der Waals surface area contributed by atoms with Crippen LogP contribution in [0.4, 0.5) is 0 Å². The van der Waals surface area contributed by atoms with E-state index < -0.39 is 0 Å². The zero-order valence-electron chi connectivity index (χ0n) is 9.42. The lowest BCUT2D eigenvalue weighted by Crippen LogP contribution is -1.92. The number of benzene rings is 1. The van der Waals surface area contributed by atoms with Crippen molar-refractivity contribution >= 4 is 29.1 Å². The molecule has 0 aliphatic rings. The summed E-state index contributed by atoms with van der Waals surface area (Å²) in [6.07, 6.45) is 3.25. The lowest BCUT2D eigenvalue weighted by atomic mass is 10.1. The van der Waals surface area contributed by atoms with Crippen molar-refractivity contribution in [2.75, 3.05) is 0 Å². The maximum absolute atomic E-state index is 11.8. The second-order valence-electron chi connectivity index (χ2n) is 3.46. The Labute approximate surface area is 115 Å². The van der Waals surface area contributed by atoms with Crippen molar-refractivity contribution in [3.8, 4) is 0 Å². The number of carbonyl (C=O) groups is 1. The zero-order chi connectivity index (χ0) is 12.8. The Morgan fingerprint density at radius 2 is 1.94 bits per heavy atom. The third kappa shape index (κ3) is 3.72. The average molecular weight is 276 g/mol. The Morgan fingerprint density at radius 3 is 2.61 bits per heavy atom. The molecule has 0 spiro atoms. The van der Waals surface area contributed by atoms with Gasteiger partial charge in [0, 0.05) is 16.8 Å². The molecule has 0 saturated heterocycles. The maximum atomic E-state index is 11.8. The van der Waals surface area contributed by atoms with E-state index in [-0.39, 0.29) is 5.78 Å². The van der Waals surface area contributed by atoms with Gasteiger partial charge in [-0.15, -0.1) is 0 Å². The van der Waals surface area contributed by atoms with Crippen molar-refractivity contribution in [3.63, 3.8) is 0 Å². The topological polar surface area (TPSA) is 30.0 Å². The zero-order valence-corrected chi connectivity index (χ0v) is 11.0. The summed E-state index contributed by atoms with van der Waals surface area (Å²) < 4.78 is 0. The van der Waals surface area contributed by atoms with Gasteiger partial charge in [-0.05, 0) is 47.9 Å². The molecule has 0 fully saturated rings. The molecule has 2 nitrogen and oxygen atoms in total. The van der Waals surface area contributed by atoms with Crippen LogP contribution in [0.15, 0.2) is 65.2 Å². The summed E-state index contributed by atoms with van der Waals surface area (Å²) in [4.78, 5) is 15.9. The molecule has 0 aliphatic heterocycles. The molecule has 2 rings (SSSR count). The summed E-state index contributed by atoms with van der Waals surface area (Å²) >= 11 is 7.17. The Balaban J connectivity index is 1.97. The van der Waals surface area contributed by atoms with Crippen molar-refractivity contribution in [3.05, 3.63) is 70.7 Å². The highest BCUT2D eigenvalue weighted by atomic mass is 35.5. The second kappa shape index (κ2) is 6.38. The van der Waals surface area contributed by atoms with Crippen LogP contribution in [0, 0.1) is 0 Å². The van der Waals surface area contributed by atoms with E-state index in [0.717, 1.165) is 5.03 Å². The molecular weight excluding hydrogens is 266 g/mol. The van der Waals surface area contributed by atoms with Crippen LogP contribution in [0.5, 0.6) is 0 Å². The number of pyridine rings is 1. The van der Waals surface area contributed by atoms with Crippen LogP contribution in [0.25, 0.3) is 0 Å². The molecule has 2 aromatic rings. The van der Waals surface area contributed by atoms with E-state index in [1.807, 2.05) is 18.2 Å². The van der Waals surface area contributed by atoms with E-state index in [9.17, 15) is 4.79 Å². The second-order valence-corrected chi connectivity index (χ2v) is 4.82.